The van der Waals surface area contributed by atoms with Gasteiger partial charge in [-0.3, -0.25) is 9.59 Å². The molecule has 0 unspecified atom stereocenters. The third-order valence-electron chi connectivity index (χ3n) is 3.59. The van der Waals surface area contributed by atoms with E-state index in [9.17, 15) is 9.59 Å². The number of rotatable bonds is 7. The summed E-state index contributed by atoms with van der Waals surface area (Å²) >= 11 is 5.85. The van der Waals surface area contributed by atoms with Gasteiger partial charge in [-0.1, -0.05) is 43.1 Å². The van der Waals surface area contributed by atoms with Crippen LogP contribution in [0.15, 0.2) is 54.6 Å². The average molecular weight is 330 g/mol. The quantitative estimate of drug-likeness (QED) is 0.703. The number of carbonyl (C=O) groups excluding carboxylic acids is 2. The molecule has 0 aliphatic carbocycles. The molecule has 0 aliphatic heterocycles. The zero-order valence-corrected chi connectivity index (χ0v) is 13.9. The number of hydrogen-bond acceptors (Lipinski definition) is 2. The fourth-order valence-corrected chi connectivity index (χ4v) is 2.39. The summed E-state index contributed by atoms with van der Waals surface area (Å²) in [6.45, 7) is 2.71. The highest BCUT2D eigenvalue weighted by atomic mass is 35.5. The molecular weight excluding hydrogens is 310 g/mol. The van der Waals surface area contributed by atoms with Crippen molar-refractivity contribution in [3.63, 3.8) is 0 Å². The monoisotopic (exact) mass is 329 g/mol. The molecule has 0 saturated carbocycles. The number of amides is 1. The predicted octanol–water partition coefficient (Wildman–Crippen LogP) is 4.47. The molecule has 0 bridgehead atoms. The third kappa shape index (κ3) is 4.93. The summed E-state index contributed by atoms with van der Waals surface area (Å²) in [5.41, 5.74) is 1.17. The molecule has 4 heteroatoms. The maximum Gasteiger partial charge on any atom is 0.254 e. The van der Waals surface area contributed by atoms with E-state index in [1.807, 2.05) is 18.2 Å². The SMILES string of the molecule is CCCCN(CC(=O)c1ccc(Cl)cc1)C(=O)c1ccccc1. The van der Waals surface area contributed by atoms with Gasteiger partial charge in [-0.15, -0.1) is 0 Å². The zero-order valence-electron chi connectivity index (χ0n) is 13.2. The first-order chi connectivity index (χ1) is 11.1. The number of Topliss-reactive ketones (excluding diaryl/α,β-unsaturated/α-hetero) is 1. The lowest BCUT2D eigenvalue weighted by molar-refractivity contribution is 0.0707. The molecule has 120 valence electrons. The van der Waals surface area contributed by atoms with Crippen LogP contribution in [0.25, 0.3) is 0 Å². The number of carbonyl (C=O) groups is 2. The Morgan fingerprint density at radius 1 is 0.957 bits per heavy atom. The van der Waals surface area contributed by atoms with Crippen molar-refractivity contribution >= 4 is 23.3 Å². The first kappa shape index (κ1) is 17.2. The minimum Gasteiger partial charge on any atom is -0.331 e. The molecule has 0 aliphatic rings. The first-order valence-electron chi connectivity index (χ1n) is 7.75. The fraction of sp³-hybridized carbons (Fsp3) is 0.263. The second kappa shape index (κ2) is 8.49. The molecule has 0 heterocycles. The minimum absolute atomic E-state index is 0.0787. The maximum absolute atomic E-state index is 12.6. The number of ketones is 1. The van der Waals surface area contributed by atoms with E-state index in [1.165, 1.54) is 0 Å². The van der Waals surface area contributed by atoms with E-state index in [1.54, 1.807) is 41.3 Å². The summed E-state index contributed by atoms with van der Waals surface area (Å²) < 4.78 is 0. The number of benzene rings is 2. The highest BCUT2D eigenvalue weighted by Gasteiger charge is 2.19. The lowest BCUT2D eigenvalue weighted by atomic mass is 10.1. The summed E-state index contributed by atoms with van der Waals surface area (Å²) in [5, 5.41) is 0.588. The van der Waals surface area contributed by atoms with Gasteiger partial charge < -0.3 is 4.90 Å². The van der Waals surface area contributed by atoms with Crippen molar-refractivity contribution in [1.82, 2.24) is 4.90 Å². The lowest BCUT2D eigenvalue weighted by Gasteiger charge is -2.22. The van der Waals surface area contributed by atoms with Crippen LogP contribution in [0.4, 0.5) is 0 Å². The Labute approximate surface area is 141 Å². The van der Waals surface area contributed by atoms with Gasteiger partial charge in [0.05, 0.1) is 6.54 Å². The second-order valence-electron chi connectivity index (χ2n) is 5.38. The van der Waals surface area contributed by atoms with Crippen LogP contribution in [0.3, 0.4) is 0 Å². The third-order valence-corrected chi connectivity index (χ3v) is 3.84. The largest absolute Gasteiger partial charge is 0.331 e. The zero-order chi connectivity index (χ0) is 16.7. The molecule has 2 aromatic rings. The highest BCUT2D eigenvalue weighted by molar-refractivity contribution is 6.30. The molecule has 0 atom stereocenters. The van der Waals surface area contributed by atoms with E-state index in [4.69, 9.17) is 11.6 Å². The van der Waals surface area contributed by atoms with E-state index >= 15 is 0 Å². The number of hydrogen-bond donors (Lipinski definition) is 0. The van der Waals surface area contributed by atoms with Gasteiger partial charge >= 0.3 is 0 Å². The Morgan fingerprint density at radius 3 is 2.22 bits per heavy atom. The topological polar surface area (TPSA) is 37.4 Å². The molecule has 2 aromatic carbocycles. The van der Waals surface area contributed by atoms with Crippen LogP contribution in [0.2, 0.25) is 5.02 Å². The van der Waals surface area contributed by atoms with E-state index in [0.29, 0.717) is 22.7 Å². The van der Waals surface area contributed by atoms with E-state index < -0.39 is 0 Å². The summed E-state index contributed by atoms with van der Waals surface area (Å²) in [4.78, 5) is 26.7. The summed E-state index contributed by atoms with van der Waals surface area (Å²) in [5.74, 6) is -0.191. The van der Waals surface area contributed by atoms with Crippen LogP contribution in [0.1, 0.15) is 40.5 Å². The van der Waals surface area contributed by atoms with E-state index in [2.05, 4.69) is 6.92 Å². The van der Waals surface area contributed by atoms with Gasteiger partial charge in [0.2, 0.25) is 0 Å². The lowest BCUT2D eigenvalue weighted by Crippen LogP contribution is -2.36. The Kier molecular flexibility index (Phi) is 6.36. The minimum atomic E-state index is -0.110. The van der Waals surface area contributed by atoms with Crippen LogP contribution in [0.5, 0.6) is 0 Å². The molecule has 1 amide bonds. The van der Waals surface area contributed by atoms with Gasteiger partial charge in [-0.25, -0.2) is 0 Å². The van der Waals surface area contributed by atoms with Gasteiger partial charge in [0, 0.05) is 22.7 Å². The first-order valence-corrected chi connectivity index (χ1v) is 8.12. The van der Waals surface area contributed by atoms with Crippen LogP contribution in [-0.2, 0) is 0 Å². The van der Waals surface area contributed by atoms with Crippen molar-refractivity contribution in [3.8, 4) is 0 Å². The van der Waals surface area contributed by atoms with Crippen molar-refractivity contribution in [2.45, 2.75) is 19.8 Å². The van der Waals surface area contributed by atoms with Crippen molar-refractivity contribution in [1.29, 1.82) is 0 Å². The van der Waals surface area contributed by atoms with Crippen molar-refractivity contribution in [2.24, 2.45) is 0 Å². The molecule has 0 radical (unpaired) electrons. The van der Waals surface area contributed by atoms with Gasteiger partial charge in [-0.2, -0.15) is 0 Å². The summed E-state index contributed by atoms with van der Waals surface area (Å²) in [7, 11) is 0. The Morgan fingerprint density at radius 2 is 1.61 bits per heavy atom. The molecule has 0 aromatic heterocycles. The Bertz CT molecular complexity index is 653. The van der Waals surface area contributed by atoms with Crippen molar-refractivity contribution < 1.29 is 9.59 Å². The predicted molar refractivity (Wildman–Crippen MR) is 93.0 cm³/mol. The molecule has 3 nitrogen and oxygen atoms in total. The van der Waals surface area contributed by atoms with Crippen molar-refractivity contribution in [3.05, 3.63) is 70.7 Å². The van der Waals surface area contributed by atoms with E-state index in [0.717, 1.165) is 12.8 Å². The van der Waals surface area contributed by atoms with Gasteiger partial charge in [0.1, 0.15) is 0 Å². The van der Waals surface area contributed by atoms with Crippen LogP contribution >= 0.6 is 11.6 Å². The molecular formula is C19H20ClNO2. The highest BCUT2D eigenvalue weighted by Crippen LogP contribution is 2.12. The Balaban J connectivity index is 2.13. The van der Waals surface area contributed by atoms with Crippen LogP contribution in [0, 0.1) is 0 Å². The fourth-order valence-electron chi connectivity index (χ4n) is 2.27. The standard InChI is InChI=1S/C19H20ClNO2/c1-2-3-13-21(19(23)16-7-5-4-6-8-16)14-18(22)15-9-11-17(20)12-10-15/h4-12H,2-3,13-14H2,1H3. The average Bonchev–Trinajstić information content (AvgIpc) is 2.59. The Hall–Kier alpha value is -2.13. The molecule has 0 saturated heterocycles. The number of unbranched alkanes of at least 4 members (excludes halogenated alkanes) is 1. The summed E-state index contributed by atoms with van der Waals surface area (Å²) in [6, 6.07) is 15.8. The number of nitrogens with zero attached hydrogens (tertiary/aromatic N) is 1. The van der Waals surface area contributed by atoms with E-state index in [-0.39, 0.29) is 18.2 Å². The molecule has 23 heavy (non-hydrogen) atoms. The molecule has 0 fully saturated rings. The maximum atomic E-state index is 12.6. The van der Waals surface area contributed by atoms with Gasteiger partial charge in [0.25, 0.3) is 5.91 Å². The number of halogens is 1. The van der Waals surface area contributed by atoms with Crippen LogP contribution in [-0.4, -0.2) is 29.7 Å². The van der Waals surface area contributed by atoms with Gasteiger partial charge in [0.15, 0.2) is 5.78 Å². The molecule has 0 spiro atoms. The van der Waals surface area contributed by atoms with Crippen molar-refractivity contribution in [2.75, 3.05) is 13.1 Å². The summed E-state index contributed by atoms with van der Waals surface area (Å²) in [6.07, 6.45) is 1.83. The molecule has 0 N–H and O–H groups in total. The normalized spacial score (nSPS) is 10.3. The smallest absolute Gasteiger partial charge is 0.254 e. The second-order valence-corrected chi connectivity index (χ2v) is 5.81. The molecule has 2 rings (SSSR count). The van der Waals surface area contributed by atoms with Crippen LogP contribution < -0.4 is 0 Å². The van der Waals surface area contributed by atoms with Gasteiger partial charge in [-0.05, 0) is 42.8 Å².